The van der Waals surface area contributed by atoms with E-state index in [4.69, 9.17) is 4.74 Å². The van der Waals surface area contributed by atoms with Crippen molar-refractivity contribution in [1.29, 1.82) is 5.26 Å². The van der Waals surface area contributed by atoms with E-state index in [1.54, 1.807) is 36.5 Å². The monoisotopic (exact) mass is 397 g/mol. The summed E-state index contributed by atoms with van der Waals surface area (Å²) in [7, 11) is 0. The second kappa shape index (κ2) is 8.88. The molecule has 1 saturated carbocycles. The molecule has 2 aromatic carbocycles. The molecule has 1 heterocycles. The molecular weight excluding hydrogens is 378 g/mol. The molecule has 30 heavy (non-hydrogen) atoms. The van der Waals surface area contributed by atoms with Gasteiger partial charge in [-0.15, -0.1) is 0 Å². The van der Waals surface area contributed by atoms with Gasteiger partial charge < -0.3 is 15.4 Å². The van der Waals surface area contributed by atoms with Crippen LogP contribution in [0.25, 0.3) is 0 Å². The molecule has 3 aromatic rings. The number of nitrogens with one attached hydrogen (secondary N) is 2. The number of allylic oxidation sites excluding steroid dienone is 1. The Kier molecular flexibility index (Phi) is 5.67. The van der Waals surface area contributed by atoms with Gasteiger partial charge in [-0.3, -0.25) is 4.79 Å². The van der Waals surface area contributed by atoms with E-state index >= 15 is 0 Å². The molecule has 0 bridgehead atoms. The molecule has 0 unspecified atom stereocenters. The summed E-state index contributed by atoms with van der Waals surface area (Å²) in [6, 6.07) is 20.1. The number of aromatic nitrogens is 2. The van der Waals surface area contributed by atoms with Gasteiger partial charge in [-0.05, 0) is 49.1 Å². The van der Waals surface area contributed by atoms with Crippen LogP contribution in [0.15, 0.2) is 78.5 Å². The lowest BCUT2D eigenvalue weighted by atomic mass is 10.2. The molecule has 7 nitrogen and oxygen atoms in total. The molecule has 1 aliphatic carbocycles. The van der Waals surface area contributed by atoms with Gasteiger partial charge in [-0.25, -0.2) is 4.98 Å². The number of hydrogen-bond acceptors (Lipinski definition) is 6. The molecule has 4 rings (SSSR count). The number of anilines is 3. The number of benzene rings is 2. The number of carbonyl (C=O) groups excluding carboxylic acids is 1. The van der Waals surface area contributed by atoms with E-state index in [9.17, 15) is 10.1 Å². The first kappa shape index (κ1) is 19.2. The topological polar surface area (TPSA) is 99.9 Å². The summed E-state index contributed by atoms with van der Waals surface area (Å²) >= 11 is 0. The molecular formula is C23H19N5O2. The summed E-state index contributed by atoms with van der Waals surface area (Å²) in [5.74, 6) is 1.39. The first-order valence-corrected chi connectivity index (χ1v) is 9.56. The first-order chi connectivity index (χ1) is 14.7. The lowest BCUT2D eigenvalue weighted by molar-refractivity contribution is -0.112. The van der Waals surface area contributed by atoms with Gasteiger partial charge in [-0.2, -0.15) is 10.2 Å². The molecule has 7 heteroatoms. The minimum Gasteiger partial charge on any atom is -0.439 e. The van der Waals surface area contributed by atoms with Gasteiger partial charge >= 0.3 is 0 Å². The number of hydrogen-bond donors (Lipinski definition) is 2. The quantitative estimate of drug-likeness (QED) is 0.438. The molecule has 1 amide bonds. The molecule has 0 atom stereocenters. The fraction of sp³-hybridized carbons (Fsp3) is 0.130. The third-order valence-corrected chi connectivity index (χ3v) is 4.36. The van der Waals surface area contributed by atoms with E-state index in [2.05, 4.69) is 20.6 Å². The summed E-state index contributed by atoms with van der Waals surface area (Å²) in [6.07, 6.45) is 5.40. The van der Waals surface area contributed by atoms with E-state index in [0.29, 0.717) is 34.9 Å². The number of nitrogens with zero attached hydrogens (tertiary/aromatic N) is 3. The Bertz CT molecular complexity index is 1120. The zero-order valence-corrected chi connectivity index (χ0v) is 16.1. The molecule has 148 valence electrons. The third kappa shape index (κ3) is 5.20. The van der Waals surface area contributed by atoms with Gasteiger partial charge in [0, 0.05) is 23.6 Å². The van der Waals surface area contributed by atoms with Crippen molar-refractivity contribution in [2.45, 2.75) is 12.8 Å². The molecule has 1 aromatic heterocycles. The van der Waals surface area contributed by atoms with Crippen LogP contribution >= 0.6 is 0 Å². The fourth-order valence-corrected chi connectivity index (χ4v) is 2.73. The number of ether oxygens (including phenoxy) is 1. The Morgan fingerprint density at radius 1 is 1.10 bits per heavy atom. The Labute approximate surface area is 174 Å². The van der Waals surface area contributed by atoms with Crippen molar-refractivity contribution in [2.24, 2.45) is 5.92 Å². The predicted octanol–water partition coefficient (Wildman–Crippen LogP) is 4.81. The van der Waals surface area contributed by atoms with Gasteiger partial charge in [0.25, 0.3) is 5.91 Å². The van der Waals surface area contributed by atoms with E-state index in [1.807, 2.05) is 42.5 Å². The van der Waals surface area contributed by atoms with Crippen LogP contribution in [0.2, 0.25) is 0 Å². The maximum atomic E-state index is 12.3. The van der Waals surface area contributed by atoms with Crippen LogP contribution in [0.1, 0.15) is 12.8 Å². The number of nitriles is 1. The third-order valence-electron chi connectivity index (χ3n) is 4.36. The summed E-state index contributed by atoms with van der Waals surface area (Å²) in [5, 5.41) is 15.1. The van der Waals surface area contributed by atoms with Gasteiger partial charge in [0.1, 0.15) is 17.4 Å². The summed E-state index contributed by atoms with van der Waals surface area (Å²) in [4.78, 5) is 20.9. The van der Waals surface area contributed by atoms with Crippen LogP contribution in [0.3, 0.4) is 0 Å². The van der Waals surface area contributed by atoms with Crippen LogP contribution in [-0.2, 0) is 4.79 Å². The van der Waals surface area contributed by atoms with E-state index in [0.717, 1.165) is 12.8 Å². The molecule has 1 aliphatic rings. The first-order valence-electron chi connectivity index (χ1n) is 9.56. The van der Waals surface area contributed by atoms with Gasteiger partial charge in [-0.1, -0.05) is 30.3 Å². The SMILES string of the molecule is N#CC(=CC1CC1)C(=O)Nc1cccc(Nc2nccc(Oc3ccccc3)n2)c1. The summed E-state index contributed by atoms with van der Waals surface area (Å²) < 4.78 is 5.72. The number of para-hydroxylation sites is 1. The predicted molar refractivity (Wildman–Crippen MR) is 113 cm³/mol. The summed E-state index contributed by atoms with van der Waals surface area (Å²) in [5.41, 5.74) is 1.40. The molecule has 2 N–H and O–H groups in total. The highest BCUT2D eigenvalue weighted by molar-refractivity contribution is 6.06. The zero-order valence-electron chi connectivity index (χ0n) is 16.1. The Morgan fingerprint density at radius 2 is 1.90 bits per heavy atom. The number of rotatable bonds is 7. The van der Waals surface area contributed by atoms with Crippen molar-refractivity contribution in [3.8, 4) is 17.7 Å². The molecule has 0 aliphatic heterocycles. The van der Waals surface area contributed by atoms with Crippen molar-refractivity contribution in [1.82, 2.24) is 9.97 Å². The van der Waals surface area contributed by atoms with E-state index in [-0.39, 0.29) is 5.57 Å². The van der Waals surface area contributed by atoms with Crippen molar-refractivity contribution in [3.05, 3.63) is 78.5 Å². The highest BCUT2D eigenvalue weighted by atomic mass is 16.5. The minimum atomic E-state index is -0.406. The van der Waals surface area contributed by atoms with Crippen LogP contribution in [0, 0.1) is 17.2 Å². The van der Waals surface area contributed by atoms with Crippen molar-refractivity contribution >= 4 is 23.2 Å². The van der Waals surface area contributed by atoms with Crippen LogP contribution in [-0.4, -0.2) is 15.9 Å². The maximum Gasteiger partial charge on any atom is 0.265 e. The Morgan fingerprint density at radius 3 is 2.67 bits per heavy atom. The highest BCUT2D eigenvalue weighted by Crippen LogP contribution is 2.31. The lowest BCUT2D eigenvalue weighted by Gasteiger charge is -2.09. The molecule has 1 fully saturated rings. The molecule has 0 spiro atoms. The molecule has 0 saturated heterocycles. The normalized spacial score (nSPS) is 13.2. The Hall–Kier alpha value is -4.18. The maximum absolute atomic E-state index is 12.3. The van der Waals surface area contributed by atoms with Crippen molar-refractivity contribution in [3.63, 3.8) is 0 Å². The van der Waals surface area contributed by atoms with Crippen LogP contribution in [0.5, 0.6) is 11.6 Å². The number of carbonyl (C=O) groups is 1. The minimum absolute atomic E-state index is 0.143. The average Bonchev–Trinajstić information content (AvgIpc) is 3.57. The highest BCUT2D eigenvalue weighted by Gasteiger charge is 2.21. The molecule has 0 radical (unpaired) electrons. The van der Waals surface area contributed by atoms with E-state index < -0.39 is 5.91 Å². The van der Waals surface area contributed by atoms with Gasteiger partial charge in [0.15, 0.2) is 0 Å². The standard InChI is InChI=1S/C23H19N5O2/c24-15-17(13-16-9-10-16)22(29)26-18-5-4-6-19(14-18)27-23-25-12-11-21(28-23)30-20-7-2-1-3-8-20/h1-8,11-14,16H,9-10H2,(H,26,29)(H,25,27,28). The van der Waals surface area contributed by atoms with Crippen LogP contribution < -0.4 is 15.4 Å². The van der Waals surface area contributed by atoms with Crippen molar-refractivity contribution in [2.75, 3.05) is 10.6 Å². The largest absolute Gasteiger partial charge is 0.439 e. The fourth-order valence-electron chi connectivity index (χ4n) is 2.73. The van der Waals surface area contributed by atoms with Gasteiger partial charge in [0.2, 0.25) is 11.8 Å². The van der Waals surface area contributed by atoms with Crippen LogP contribution in [0.4, 0.5) is 17.3 Å². The lowest BCUT2D eigenvalue weighted by Crippen LogP contribution is -2.13. The second-order valence-electron chi connectivity index (χ2n) is 6.82. The summed E-state index contributed by atoms with van der Waals surface area (Å²) in [6.45, 7) is 0. The van der Waals surface area contributed by atoms with Gasteiger partial charge in [0.05, 0.1) is 0 Å². The number of amides is 1. The smallest absolute Gasteiger partial charge is 0.265 e. The second-order valence-corrected chi connectivity index (χ2v) is 6.82. The average molecular weight is 397 g/mol. The van der Waals surface area contributed by atoms with Crippen molar-refractivity contribution < 1.29 is 9.53 Å². The zero-order chi connectivity index (χ0) is 20.8. The van der Waals surface area contributed by atoms with E-state index in [1.165, 1.54) is 0 Å². The Balaban J connectivity index is 1.44.